The Balaban J connectivity index is 2.90. The predicted octanol–water partition coefficient (Wildman–Crippen LogP) is 3.29. The SMILES string of the molecule is Cc1cc2ccnc([NH-])c2s1. The van der Waals surface area contributed by atoms with E-state index in [0.29, 0.717) is 5.82 Å². The van der Waals surface area contributed by atoms with Crippen LogP contribution in [0.25, 0.3) is 15.8 Å². The summed E-state index contributed by atoms with van der Waals surface area (Å²) in [6.07, 6.45) is 1.68. The van der Waals surface area contributed by atoms with Crippen LogP contribution < -0.4 is 0 Å². The quantitative estimate of drug-likeness (QED) is 0.587. The number of rotatable bonds is 0. The number of pyridine rings is 1. The van der Waals surface area contributed by atoms with Crippen LogP contribution in [0.4, 0.5) is 5.82 Å². The van der Waals surface area contributed by atoms with E-state index in [1.165, 1.54) is 4.88 Å². The Morgan fingerprint density at radius 1 is 1.55 bits per heavy atom. The summed E-state index contributed by atoms with van der Waals surface area (Å²) in [7, 11) is 0. The van der Waals surface area contributed by atoms with Gasteiger partial charge in [-0.1, -0.05) is 12.3 Å². The van der Waals surface area contributed by atoms with E-state index < -0.39 is 0 Å². The van der Waals surface area contributed by atoms with Crippen LogP contribution in [0.5, 0.6) is 0 Å². The Hall–Kier alpha value is -1.09. The summed E-state index contributed by atoms with van der Waals surface area (Å²) >= 11 is 1.63. The summed E-state index contributed by atoms with van der Waals surface area (Å²) in [5.74, 6) is 0.389. The molecule has 2 heterocycles. The Morgan fingerprint density at radius 3 is 3.09 bits per heavy atom. The largest absolute Gasteiger partial charge is 0.481 e. The third-order valence-electron chi connectivity index (χ3n) is 1.56. The van der Waals surface area contributed by atoms with Crippen molar-refractivity contribution in [1.82, 2.24) is 4.98 Å². The van der Waals surface area contributed by atoms with E-state index in [2.05, 4.69) is 11.1 Å². The number of aromatic nitrogens is 1. The van der Waals surface area contributed by atoms with Crippen molar-refractivity contribution < 1.29 is 0 Å². The van der Waals surface area contributed by atoms with Gasteiger partial charge < -0.3 is 10.7 Å². The molecule has 0 spiro atoms. The summed E-state index contributed by atoms with van der Waals surface area (Å²) in [6.45, 7) is 2.05. The fourth-order valence-electron chi connectivity index (χ4n) is 1.09. The highest BCUT2D eigenvalue weighted by Gasteiger charge is 1.95. The molecule has 1 N–H and O–H groups in total. The maximum absolute atomic E-state index is 7.48. The van der Waals surface area contributed by atoms with Gasteiger partial charge in [0.05, 0.1) is 0 Å². The van der Waals surface area contributed by atoms with Crippen LogP contribution in [-0.2, 0) is 0 Å². The van der Waals surface area contributed by atoms with Gasteiger partial charge in [-0.2, -0.15) is 0 Å². The third kappa shape index (κ3) is 0.973. The van der Waals surface area contributed by atoms with Crippen LogP contribution in [0.15, 0.2) is 18.3 Å². The van der Waals surface area contributed by atoms with E-state index in [-0.39, 0.29) is 0 Å². The first-order valence-corrected chi connectivity index (χ1v) is 4.16. The minimum Gasteiger partial charge on any atom is -0.481 e. The van der Waals surface area contributed by atoms with Gasteiger partial charge in [0.1, 0.15) is 0 Å². The minimum absolute atomic E-state index is 0.389. The number of aryl methyl sites for hydroxylation is 1. The van der Waals surface area contributed by atoms with Gasteiger partial charge in [0.15, 0.2) is 0 Å². The summed E-state index contributed by atoms with van der Waals surface area (Å²) in [4.78, 5) is 5.14. The van der Waals surface area contributed by atoms with Crippen LogP contribution in [0.1, 0.15) is 4.88 Å². The molecule has 11 heavy (non-hydrogen) atoms. The number of fused-ring (bicyclic) bond motifs is 1. The molecule has 2 nitrogen and oxygen atoms in total. The number of nitrogens with zero attached hydrogens (tertiary/aromatic N) is 1. The molecule has 0 aliphatic rings. The molecule has 0 fully saturated rings. The van der Waals surface area contributed by atoms with Crippen LogP contribution >= 0.6 is 11.3 Å². The topological polar surface area (TPSA) is 36.7 Å². The Bertz CT molecular complexity index is 392. The van der Waals surface area contributed by atoms with E-state index in [4.69, 9.17) is 5.73 Å². The molecular weight excluding hydrogens is 156 g/mol. The molecule has 2 aromatic heterocycles. The molecule has 3 heteroatoms. The normalized spacial score (nSPS) is 10.6. The van der Waals surface area contributed by atoms with E-state index in [0.717, 1.165) is 10.1 Å². The number of hydrogen-bond donors (Lipinski definition) is 0. The van der Waals surface area contributed by atoms with Crippen molar-refractivity contribution in [2.75, 3.05) is 0 Å². The zero-order chi connectivity index (χ0) is 7.84. The van der Waals surface area contributed by atoms with Gasteiger partial charge in [0, 0.05) is 9.58 Å². The van der Waals surface area contributed by atoms with Crippen LogP contribution in [-0.4, -0.2) is 4.98 Å². The second kappa shape index (κ2) is 2.20. The standard InChI is InChI=1S/C8H7N2S/c1-5-4-6-2-3-10-8(9)7(6)11-5/h2-4H,1H3,(H-,9,10)/q-1. The Labute approximate surface area is 68.7 Å². The van der Waals surface area contributed by atoms with Crippen molar-refractivity contribution in [3.63, 3.8) is 0 Å². The van der Waals surface area contributed by atoms with Crippen molar-refractivity contribution in [2.45, 2.75) is 6.92 Å². The van der Waals surface area contributed by atoms with E-state index >= 15 is 0 Å². The lowest BCUT2D eigenvalue weighted by Gasteiger charge is -2.01. The van der Waals surface area contributed by atoms with Gasteiger partial charge >= 0.3 is 0 Å². The van der Waals surface area contributed by atoms with Crippen molar-refractivity contribution >= 4 is 27.2 Å². The molecule has 2 aromatic rings. The molecular formula is C8H7N2S-. The highest BCUT2D eigenvalue weighted by atomic mass is 32.1. The fourth-order valence-corrected chi connectivity index (χ4v) is 2.00. The lowest BCUT2D eigenvalue weighted by molar-refractivity contribution is 1.40. The fraction of sp³-hybridized carbons (Fsp3) is 0.125. The molecule has 0 saturated heterocycles. The minimum atomic E-state index is 0.389. The van der Waals surface area contributed by atoms with Gasteiger partial charge in [-0.3, -0.25) is 0 Å². The third-order valence-corrected chi connectivity index (χ3v) is 2.63. The first kappa shape index (κ1) is 6.61. The van der Waals surface area contributed by atoms with Crippen molar-refractivity contribution in [3.8, 4) is 0 Å². The monoisotopic (exact) mass is 163 g/mol. The first-order chi connectivity index (χ1) is 5.27. The molecule has 0 unspecified atom stereocenters. The van der Waals surface area contributed by atoms with E-state index in [1.54, 1.807) is 17.5 Å². The highest BCUT2D eigenvalue weighted by molar-refractivity contribution is 7.19. The van der Waals surface area contributed by atoms with Gasteiger partial charge in [-0.05, 0) is 24.2 Å². The molecule has 0 radical (unpaired) electrons. The summed E-state index contributed by atoms with van der Waals surface area (Å²) in [6, 6.07) is 4.02. The van der Waals surface area contributed by atoms with E-state index in [1.807, 2.05) is 13.0 Å². The van der Waals surface area contributed by atoms with Crippen LogP contribution in [0.3, 0.4) is 0 Å². The zero-order valence-corrected chi connectivity index (χ0v) is 6.90. The van der Waals surface area contributed by atoms with Crippen molar-refractivity contribution in [2.24, 2.45) is 0 Å². The Kier molecular flexibility index (Phi) is 1.32. The van der Waals surface area contributed by atoms with Gasteiger partial charge in [0.25, 0.3) is 0 Å². The smallest absolute Gasteiger partial charge is 0.0331 e. The lowest BCUT2D eigenvalue weighted by atomic mass is 10.3. The summed E-state index contributed by atoms with van der Waals surface area (Å²) in [5.41, 5.74) is 7.48. The maximum Gasteiger partial charge on any atom is 0.0331 e. The van der Waals surface area contributed by atoms with Gasteiger partial charge in [-0.15, -0.1) is 11.3 Å². The predicted molar refractivity (Wildman–Crippen MR) is 48.3 cm³/mol. The second-order valence-electron chi connectivity index (χ2n) is 2.43. The molecule has 2 rings (SSSR count). The number of thiophene rings is 1. The van der Waals surface area contributed by atoms with Crippen LogP contribution in [0, 0.1) is 6.92 Å². The van der Waals surface area contributed by atoms with Gasteiger partial charge in [-0.25, -0.2) is 0 Å². The highest BCUT2D eigenvalue weighted by Crippen LogP contribution is 2.30. The summed E-state index contributed by atoms with van der Waals surface area (Å²) in [5, 5.41) is 1.13. The average molecular weight is 163 g/mol. The molecule has 0 atom stereocenters. The average Bonchev–Trinajstić information content (AvgIpc) is 2.31. The maximum atomic E-state index is 7.48. The zero-order valence-electron chi connectivity index (χ0n) is 6.09. The Morgan fingerprint density at radius 2 is 2.36 bits per heavy atom. The van der Waals surface area contributed by atoms with Crippen LogP contribution in [0.2, 0.25) is 0 Å². The van der Waals surface area contributed by atoms with Crippen molar-refractivity contribution in [3.05, 3.63) is 28.9 Å². The van der Waals surface area contributed by atoms with Gasteiger partial charge in [0.2, 0.25) is 0 Å². The summed E-state index contributed by atoms with van der Waals surface area (Å²) < 4.78 is 0.991. The molecule has 0 saturated carbocycles. The molecule has 0 bridgehead atoms. The second-order valence-corrected chi connectivity index (χ2v) is 3.69. The van der Waals surface area contributed by atoms with E-state index in [9.17, 15) is 0 Å². The first-order valence-electron chi connectivity index (χ1n) is 3.34. The van der Waals surface area contributed by atoms with Crippen molar-refractivity contribution in [1.29, 1.82) is 0 Å². The number of hydrogen-bond acceptors (Lipinski definition) is 2. The molecule has 0 aromatic carbocycles. The molecule has 0 amide bonds. The lowest BCUT2D eigenvalue weighted by Crippen LogP contribution is -1.67. The number of nitrogens with one attached hydrogen (secondary N) is 1. The molecule has 56 valence electrons. The molecule has 0 aliphatic heterocycles. The molecule has 0 aliphatic carbocycles.